The van der Waals surface area contributed by atoms with Gasteiger partial charge in [0.15, 0.2) is 5.15 Å². The summed E-state index contributed by atoms with van der Waals surface area (Å²) in [5.41, 5.74) is 0. The quantitative estimate of drug-likeness (QED) is 0.600. The molecule has 1 rings (SSSR count). The molecule has 0 spiro atoms. The molecule has 0 fully saturated rings. The van der Waals surface area contributed by atoms with E-state index in [9.17, 15) is 0 Å². The summed E-state index contributed by atoms with van der Waals surface area (Å²) in [5, 5.41) is 0.619. The lowest BCUT2D eigenvalue weighted by Gasteiger charge is -1.73. The van der Waals surface area contributed by atoms with E-state index in [1.807, 2.05) is 0 Å². The molecular formula is C4H3Cl2N2. The van der Waals surface area contributed by atoms with E-state index in [0.717, 1.165) is 0 Å². The lowest BCUT2D eigenvalue weighted by atomic mass is 10.8. The predicted molar refractivity (Wildman–Crippen MR) is 33.1 cm³/mol. The molecule has 0 unspecified atom stereocenters. The van der Waals surface area contributed by atoms with Crippen molar-refractivity contribution in [3.8, 4) is 0 Å². The summed E-state index contributed by atoms with van der Waals surface area (Å²) in [4.78, 5) is 6.30. The van der Waals surface area contributed by atoms with Crippen molar-refractivity contribution in [2.24, 2.45) is 0 Å². The van der Waals surface area contributed by atoms with Crippen LogP contribution in [0.2, 0.25) is 10.3 Å². The third-order valence-electron chi connectivity index (χ3n) is 0.668. The van der Waals surface area contributed by atoms with Crippen molar-refractivity contribution in [1.82, 2.24) is 9.97 Å². The van der Waals surface area contributed by atoms with Crippen LogP contribution in [-0.2, 0) is 0 Å². The topological polar surface area (TPSA) is 28.7 Å². The number of imidazole rings is 1. The maximum absolute atomic E-state index is 5.44. The first-order valence-corrected chi connectivity index (χ1v) is 2.68. The summed E-state index contributed by atoms with van der Waals surface area (Å²) in [6.07, 6.45) is 0. The van der Waals surface area contributed by atoms with Crippen molar-refractivity contribution < 1.29 is 0 Å². The maximum atomic E-state index is 5.44. The van der Waals surface area contributed by atoms with Gasteiger partial charge in [-0.2, -0.15) is 0 Å². The van der Waals surface area contributed by atoms with E-state index in [-0.39, 0.29) is 5.15 Å². The normalized spacial score (nSPS) is 9.88. The van der Waals surface area contributed by atoms with E-state index >= 15 is 0 Å². The van der Waals surface area contributed by atoms with Crippen LogP contribution in [0.25, 0.3) is 0 Å². The second-order valence-electron chi connectivity index (χ2n) is 1.29. The fraction of sp³-hybridized carbons (Fsp3) is 0. The first-order chi connectivity index (χ1) is 3.70. The molecule has 1 aromatic rings. The number of hydrogen-bond acceptors (Lipinski definition) is 1. The van der Waals surface area contributed by atoms with Crippen molar-refractivity contribution in [1.29, 1.82) is 0 Å². The van der Waals surface area contributed by atoms with Gasteiger partial charge in [0, 0.05) is 6.92 Å². The smallest absolute Gasteiger partial charge is 0.166 e. The van der Waals surface area contributed by atoms with E-state index in [1.165, 1.54) is 0 Å². The average Bonchev–Trinajstić information content (AvgIpc) is 1.85. The molecule has 0 aliphatic carbocycles. The Morgan fingerprint density at radius 2 is 2.12 bits per heavy atom. The van der Waals surface area contributed by atoms with Crippen molar-refractivity contribution in [2.45, 2.75) is 0 Å². The van der Waals surface area contributed by atoms with Gasteiger partial charge in [0.2, 0.25) is 0 Å². The third-order valence-corrected chi connectivity index (χ3v) is 1.31. The number of aromatic amines is 1. The molecule has 43 valence electrons. The first-order valence-electron chi connectivity index (χ1n) is 1.93. The number of nitrogens with one attached hydrogen (secondary N) is 1. The Morgan fingerprint density at radius 3 is 2.25 bits per heavy atom. The molecule has 1 radical (unpaired) electrons. The summed E-state index contributed by atoms with van der Waals surface area (Å²) < 4.78 is 0. The minimum absolute atomic E-state index is 0.275. The Balaban J connectivity index is 3.14. The van der Waals surface area contributed by atoms with Crippen molar-refractivity contribution >= 4 is 23.2 Å². The van der Waals surface area contributed by atoms with E-state index in [1.54, 1.807) is 0 Å². The summed E-state index contributed by atoms with van der Waals surface area (Å²) in [6.45, 7) is 3.47. The van der Waals surface area contributed by atoms with Crippen LogP contribution < -0.4 is 0 Å². The molecule has 0 amide bonds. The number of rotatable bonds is 0. The molecule has 0 aromatic carbocycles. The number of nitrogens with zero attached hydrogens (tertiary/aromatic N) is 1. The predicted octanol–water partition coefficient (Wildman–Crippen LogP) is 1.90. The van der Waals surface area contributed by atoms with Gasteiger partial charge in [0.25, 0.3) is 0 Å². The Labute approximate surface area is 56.8 Å². The Kier molecular flexibility index (Phi) is 1.45. The van der Waals surface area contributed by atoms with Crippen LogP contribution >= 0.6 is 23.2 Å². The van der Waals surface area contributed by atoms with E-state index in [0.29, 0.717) is 11.0 Å². The lowest BCUT2D eigenvalue weighted by molar-refractivity contribution is 1.23. The first kappa shape index (κ1) is 5.92. The second-order valence-corrected chi connectivity index (χ2v) is 2.02. The Hall–Kier alpha value is -0.210. The zero-order chi connectivity index (χ0) is 6.15. The van der Waals surface area contributed by atoms with Crippen molar-refractivity contribution in [3.05, 3.63) is 23.1 Å². The molecule has 0 bridgehead atoms. The standard InChI is InChI=1S/C4H3Cl2N2/c1-2-7-3(5)4(6)8-2/h1H2,(H,7,8). The molecule has 0 saturated heterocycles. The second kappa shape index (κ2) is 1.96. The molecule has 0 saturated carbocycles. The largest absolute Gasteiger partial charge is 0.332 e. The third kappa shape index (κ3) is 0.956. The minimum Gasteiger partial charge on any atom is -0.332 e. The summed E-state index contributed by atoms with van der Waals surface area (Å²) in [6, 6.07) is 0. The monoisotopic (exact) mass is 149 g/mol. The van der Waals surface area contributed by atoms with Gasteiger partial charge >= 0.3 is 0 Å². The van der Waals surface area contributed by atoms with Gasteiger partial charge in [-0.3, -0.25) is 0 Å². The minimum atomic E-state index is 0.275. The van der Waals surface area contributed by atoms with Gasteiger partial charge in [-0.15, -0.1) is 0 Å². The van der Waals surface area contributed by atoms with E-state index < -0.39 is 0 Å². The van der Waals surface area contributed by atoms with Gasteiger partial charge in [-0.1, -0.05) is 23.2 Å². The molecule has 2 nitrogen and oxygen atoms in total. The molecule has 0 aliphatic heterocycles. The van der Waals surface area contributed by atoms with Crippen LogP contribution in [0, 0.1) is 6.92 Å². The molecular weight excluding hydrogens is 147 g/mol. The molecule has 0 atom stereocenters. The highest BCUT2D eigenvalue weighted by Gasteiger charge is 1.99. The van der Waals surface area contributed by atoms with Crippen molar-refractivity contribution in [2.75, 3.05) is 0 Å². The lowest BCUT2D eigenvalue weighted by Crippen LogP contribution is -1.68. The fourth-order valence-corrected chi connectivity index (χ4v) is 0.674. The highest BCUT2D eigenvalue weighted by Crippen LogP contribution is 2.16. The van der Waals surface area contributed by atoms with Gasteiger partial charge in [0.1, 0.15) is 11.0 Å². The number of halogens is 2. The summed E-state index contributed by atoms with van der Waals surface area (Å²) in [5.74, 6) is 0.486. The molecule has 0 aliphatic rings. The Bertz CT molecular complexity index is 174. The number of hydrogen-bond donors (Lipinski definition) is 1. The number of H-pyrrole nitrogens is 1. The summed E-state index contributed by atoms with van der Waals surface area (Å²) in [7, 11) is 0. The SMILES string of the molecule is [CH2]c1nc(Cl)c(Cl)[nH]1. The van der Waals surface area contributed by atoms with E-state index in [4.69, 9.17) is 23.2 Å². The average molecular weight is 150 g/mol. The zero-order valence-electron chi connectivity index (χ0n) is 3.91. The molecule has 8 heavy (non-hydrogen) atoms. The van der Waals surface area contributed by atoms with Crippen LogP contribution in [-0.4, -0.2) is 9.97 Å². The molecule has 1 N–H and O–H groups in total. The Morgan fingerprint density at radius 1 is 1.50 bits per heavy atom. The molecule has 1 aromatic heterocycles. The van der Waals surface area contributed by atoms with Crippen LogP contribution in [0.4, 0.5) is 0 Å². The summed E-state index contributed by atoms with van der Waals surface area (Å²) >= 11 is 10.9. The van der Waals surface area contributed by atoms with E-state index in [2.05, 4.69) is 16.9 Å². The van der Waals surface area contributed by atoms with Gasteiger partial charge in [-0.05, 0) is 0 Å². The van der Waals surface area contributed by atoms with Crippen LogP contribution in [0.1, 0.15) is 5.82 Å². The molecule has 4 heteroatoms. The van der Waals surface area contributed by atoms with Gasteiger partial charge in [-0.25, -0.2) is 4.98 Å². The highest BCUT2D eigenvalue weighted by molar-refractivity contribution is 6.40. The van der Waals surface area contributed by atoms with Crippen molar-refractivity contribution in [3.63, 3.8) is 0 Å². The van der Waals surface area contributed by atoms with Gasteiger partial charge < -0.3 is 4.98 Å². The van der Waals surface area contributed by atoms with Crippen LogP contribution in [0.5, 0.6) is 0 Å². The van der Waals surface area contributed by atoms with Crippen LogP contribution in [0.15, 0.2) is 0 Å². The molecule has 1 heterocycles. The number of aromatic nitrogens is 2. The highest BCUT2D eigenvalue weighted by atomic mass is 35.5. The van der Waals surface area contributed by atoms with Gasteiger partial charge in [0.05, 0.1) is 0 Å². The van der Waals surface area contributed by atoms with Crippen LogP contribution in [0.3, 0.4) is 0 Å². The maximum Gasteiger partial charge on any atom is 0.166 e. The fourth-order valence-electron chi connectivity index (χ4n) is 0.374. The zero-order valence-corrected chi connectivity index (χ0v) is 5.42.